The highest BCUT2D eigenvalue weighted by Crippen LogP contribution is 2.39. The van der Waals surface area contributed by atoms with Crippen molar-refractivity contribution in [2.45, 2.75) is 77.9 Å². The van der Waals surface area contributed by atoms with Gasteiger partial charge in [-0.2, -0.15) is 0 Å². The van der Waals surface area contributed by atoms with Crippen LogP contribution in [0, 0.1) is 5.41 Å². The summed E-state index contributed by atoms with van der Waals surface area (Å²) in [5.41, 5.74) is 0.356. The van der Waals surface area contributed by atoms with Gasteiger partial charge in [0, 0.05) is 19.7 Å². The molecule has 4 heteroatoms. The number of unbranched alkanes of at least 4 members (excludes halogenated alkanes) is 3. The summed E-state index contributed by atoms with van der Waals surface area (Å²) in [5, 5.41) is 0. The second-order valence-electron chi connectivity index (χ2n) is 8.29. The van der Waals surface area contributed by atoms with Gasteiger partial charge in [0.1, 0.15) is 0 Å². The number of hydrogen-bond donors (Lipinski definition) is 0. The van der Waals surface area contributed by atoms with Gasteiger partial charge in [-0.15, -0.1) is 0 Å². The van der Waals surface area contributed by atoms with Gasteiger partial charge >= 0.3 is 0 Å². The first kappa shape index (κ1) is 24.1. The Morgan fingerprint density at radius 1 is 0.833 bits per heavy atom. The van der Waals surface area contributed by atoms with Gasteiger partial charge in [-0.05, 0) is 65.1 Å². The summed E-state index contributed by atoms with van der Waals surface area (Å²) >= 11 is 0. The zero-order chi connectivity index (χ0) is 18.6. The summed E-state index contributed by atoms with van der Waals surface area (Å²) in [5.74, 6) is 0. The number of nitrogens with zero attached hydrogens (tertiary/aromatic N) is 2. The minimum atomic E-state index is -1.66. The minimum absolute atomic E-state index is 0.356. The largest absolute Gasteiger partial charge is 0.417 e. The van der Waals surface area contributed by atoms with Gasteiger partial charge in [0.15, 0.2) is 8.32 Å². The molecule has 0 saturated heterocycles. The summed E-state index contributed by atoms with van der Waals surface area (Å²) in [4.78, 5) is 4.76. The van der Waals surface area contributed by atoms with Crippen molar-refractivity contribution >= 4 is 8.32 Å². The van der Waals surface area contributed by atoms with Crippen molar-refractivity contribution in [1.29, 1.82) is 0 Å². The third-order valence-corrected chi connectivity index (χ3v) is 10.2. The zero-order valence-electron chi connectivity index (χ0n) is 18.1. The van der Waals surface area contributed by atoms with Crippen molar-refractivity contribution in [3.05, 3.63) is 0 Å². The molecule has 0 heterocycles. The molecule has 0 aliphatic rings. The van der Waals surface area contributed by atoms with E-state index in [0.29, 0.717) is 5.41 Å². The van der Waals surface area contributed by atoms with Gasteiger partial charge in [0.25, 0.3) is 0 Å². The van der Waals surface area contributed by atoms with Crippen LogP contribution in [-0.2, 0) is 4.43 Å². The molecular formula is C20H46N2OSi. The molecule has 0 aliphatic heterocycles. The van der Waals surface area contributed by atoms with Crippen LogP contribution in [0.3, 0.4) is 0 Å². The molecule has 146 valence electrons. The van der Waals surface area contributed by atoms with Gasteiger partial charge in [-0.25, -0.2) is 0 Å². The Morgan fingerprint density at radius 3 is 1.79 bits per heavy atom. The topological polar surface area (TPSA) is 15.7 Å². The van der Waals surface area contributed by atoms with Crippen LogP contribution in [-0.4, -0.2) is 66.0 Å². The van der Waals surface area contributed by atoms with Gasteiger partial charge in [-0.1, -0.05) is 46.5 Å². The molecule has 0 aromatic rings. The molecule has 24 heavy (non-hydrogen) atoms. The maximum atomic E-state index is 6.58. The van der Waals surface area contributed by atoms with Crippen LogP contribution >= 0.6 is 0 Å². The standard InChI is InChI=1S/C20H46N2OSi/c1-9-13-14-15-16-24(12-4,23-11-3)19-20(10-2,17-21(5)6)18-22(7)8/h9-19H2,1-8H3. The molecule has 0 spiro atoms. The molecule has 0 bridgehead atoms. The molecule has 1 atom stereocenters. The van der Waals surface area contributed by atoms with E-state index >= 15 is 0 Å². The highest BCUT2D eigenvalue weighted by molar-refractivity contribution is 6.73. The van der Waals surface area contributed by atoms with Gasteiger partial charge in [0.2, 0.25) is 0 Å². The molecule has 0 amide bonds. The Labute approximate surface area is 154 Å². The van der Waals surface area contributed by atoms with E-state index < -0.39 is 8.32 Å². The Hall–Kier alpha value is 0.0969. The van der Waals surface area contributed by atoms with Gasteiger partial charge in [0.05, 0.1) is 0 Å². The molecule has 0 aliphatic carbocycles. The maximum absolute atomic E-state index is 6.58. The zero-order valence-corrected chi connectivity index (χ0v) is 19.1. The van der Waals surface area contributed by atoms with Crippen LogP contribution in [0.25, 0.3) is 0 Å². The molecule has 0 radical (unpaired) electrons. The van der Waals surface area contributed by atoms with E-state index in [4.69, 9.17) is 4.43 Å². The van der Waals surface area contributed by atoms with Crippen molar-refractivity contribution in [2.24, 2.45) is 5.41 Å². The summed E-state index contributed by atoms with van der Waals surface area (Å²) in [6.07, 6.45) is 6.65. The molecule has 1 unspecified atom stereocenters. The van der Waals surface area contributed by atoms with Crippen LogP contribution in [0.5, 0.6) is 0 Å². The Kier molecular flexibility index (Phi) is 12.5. The molecule has 0 aromatic carbocycles. The average Bonchev–Trinajstić information content (AvgIpc) is 2.50. The lowest BCUT2D eigenvalue weighted by molar-refractivity contribution is 0.146. The molecule has 0 saturated carbocycles. The molecule has 3 nitrogen and oxygen atoms in total. The van der Waals surface area contributed by atoms with Crippen LogP contribution in [0.2, 0.25) is 18.1 Å². The smallest absolute Gasteiger partial charge is 0.193 e. The van der Waals surface area contributed by atoms with Crippen molar-refractivity contribution in [1.82, 2.24) is 9.80 Å². The lowest BCUT2D eigenvalue weighted by atomic mass is 9.86. The fourth-order valence-electron chi connectivity index (χ4n) is 4.33. The molecule has 0 rings (SSSR count). The van der Waals surface area contributed by atoms with Crippen molar-refractivity contribution < 1.29 is 4.43 Å². The van der Waals surface area contributed by atoms with Crippen LogP contribution in [0.1, 0.15) is 59.8 Å². The predicted molar refractivity (Wildman–Crippen MR) is 111 cm³/mol. The lowest BCUT2D eigenvalue weighted by Crippen LogP contribution is -2.50. The highest BCUT2D eigenvalue weighted by atomic mass is 28.4. The quantitative estimate of drug-likeness (QED) is 0.299. The second kappa shape index (κ2) is 12.5. The first-order valence-electron chi connectivity index (χ1n) is 10.2. The SMILES string of the molecule is CCCCCC[Si](CC)(CC(CC)(CN(C)C)CN(C)C)OCC. The normalized spacial score (nSPS) is 15.2. The third kappa shape index (κ3) is 8.98. The highest BCUT2D eigenvalue weighted by Gasteiger charge is 2.42. The minimum Gasteiger partial charge on any atom is -0.417 e. The second-order valence-corrected chi connectivity index (χ2v) is 12.5. The molecular weight excluding hydrogens is 312 g/mol. The van der Waals surface area contributed by atoms with Crippen molar-refractivity contribution in [3.8, 4) is 0 Å². The van der Waals surface area contributed by atoms with Crippen LogP contribution < -0.4 is 0 Å². The fourth-order valence-corrected chi connectivity index (χ4v) is 8.91. The van der Waals surface area contributed by atoms with E-state index in [0.717, 1.165) is 6.61 Å². The predicted octanol–water partition coefficient (Wildman–Crippen LogP) is 5.09. The van der Waals surface area contributed by atoms with E-state index in [1.165, 1.54) is 63.3 Å². The van der Waals surface area contributed by atoms with E-state index in [9.17, 15) is 0 Å². The number of hydrogen-bond acceptors (Lipinski definition) is 3. The monoisotopic (exact) mass is 358 g/mol. The van der Waals surface area contributed by atoms with Crippen molar-refractivity contribution in [2.75, 3.05) is 47.9 Å². The Morgan fingerprint density at radius 2 is 1.42 bits per heavy atom. The van der Waals surface area contributed by atoms with E-state index in [2.05, 4.69) is 65.7 Å². The maximum Gasteiger partial charge on any atom is 0.193 e. The number of rotatable bonds is 15. The molecule has 0 fully saturated rings. The van der Waals surface area contributed by atoms with Gasteiger partial charge in [-0.3, -0.25) is 0 Å². The van der Waals surface area contributed by atoms with Gasteiger partial charge < -0.3 is 14.2 Å². The van der Waals surface area contributed by atoms with Crippen LogP contribution in [0.15, 0.2) is 0 Å². The summed E-state index contributed by atoms with van der Waals surface area (Å²) in [6.45, 7) is 12.5. The van der Waals surface area contributed by atoms with Crippen molar-refractivity contribution in [3.63, 3.8) is 0 Å². The van der Waals surface area contributed by atoms with E-state index in [1.807, 2.05) is 0 Å². The summed E-state index contributed by atoms with van der Waals surface area (Å²) < 4.78 is 6.58. The summed E-state index contributed by atoms with van der Waals surface area (Å²) in [7, 11) is 7.21. The first-order valence-corrected chi connectivity index (χ1v) is 12.7. The molecule has 0 aromatic heterocycles. The van der Waals surface area contributed by atoms with E-state index in [1.54, 1.807) is 0 Å². The first-order chi connectivity index (χ1) is 11.3. The summed E-state index contributed by atoms with van der Waals surface area (Å²) in [6, 6.07) is 3.92. The lowest BCUT2D eigenvalue weighted by Gasteiger charge is -2.44. The Bertz CT molecular complexity index is 300. The van der Waals surface area contributed by atoms with Crippen LogP contribution in [0.4, 0.5) is 0 Å². The average molecular weight is 359 g/mol. The molecule has 0 N–H and O–H groups in total. The fraction of sp³-hybridized carbons (Fsp3) is 1.00. The third-order valence-electron chi connectivity index (χ3n) is 5.33. The Balaban J connectivity index is 5.30. The van der Waals surface area contributed by atoms with E-state index in [-0.39, 0.29) is 0 Å².